The summed E-state index contributed by atoms with van der Waals surface area (Å²) in [7, 11) is 0. The summed E-state index contributed by atoms with van der Waals surface area (Å²) < 4.78 is 0. The molecule has 1 N–H and O–H groups in total. The van der Waals surface area contributed by atoms with E-state index in [1.165, 1.54) is 18.4 Å². The summed E-state index contributed by atoms with van der Waals surface area (Å²) in [6.07, 6.45) is 2.51. The lowest BCUT2D eigenvalue weighted by molar-refractivity contribution is 0.183. The third-order valence-corrected chi connectivity index (χ3v) is 3.38. The average Bonchev–Trinajstić information content (AvgIpc) is 3.04. The van der Waals surface area contributed by atoms with Gasteiger partial charge in [-0.05, 0) is 37.0 Å². The second-order valence-electron chi connectivity index (χ2n) is 4.52. The van der Waals surface area contributed by atoms with Gasteiger partial charge in [-0.1, -0.05) is 23.7 Å². The van der Waals surface area contributed by atoms with Gasteiger partial charge < -0.3 is 5.11 Å². The Hall–Kier alpha value is -0.570. The lowest BCUT2D eigenvalue weighted by Crippen LogP contribution is -2.28. The highest BCUT2D eigenvalue weighted by molar-refractivity contribution is 6.31. The van der Waals surface area contributed by atoms with Crippen LogP contribution < -0.4 is 0 Å². The van der Waals surface area contributed by atoms with Crippen molar-refractivity contribution in [3.05, 3.63) is 34.3 Å². The predicted molar refractivity (Wildman–Crippen MR) is 66.7 cm³/mol. The van der Waals surface area contributed by atoms with E-state index in [1.54, 1.807) is 0 Å². The van der Waals surface area contributed by atoms with E-state index in [4.69, 9.17) is 16.7 Å². The topological polar surface area (TPSA) is 23.5 Å². The zero-order valence-electron chi connectivity index (χ0n) is 9.62. The summed E-state index contributed by atoms with van der Waals surface area (Å²) in [5, 5.41) is 9.87. The number of hydrogen-bond acceptors (Lipinski definition) is 2. The van der Waals surface area contributed by atoms with Crippen LogP contribution in [0.15, 0.2) is 18.2 Å². The van der Waals surface area contributed by atoms with Gasteiger partial charge in [0.2, 0.25) is 0 Å². The third-order valence-electron chi connectivity index (χ3n) is 3.03. The first-order valence-corrected chi connectivity index (χ1v) is 6.18. The molecule has 88 valence electrons. The standard InChI is InChI=1S/C13H18ClNO/c1-10-2-3-11(13(14)8-10)9-15(6-7-16)12-4-5-12/h2-3,8,12,16H,4-7,9H2,1H3. The van der Waals surface area contributed by atoms with Gasteiger partial charge in [-0.3, -0.25) is 4.90 Å². The highest BCUT2D eigenvalue weighted by Gasteiger charge is 2.28. The van der Waals surface area contributed by atoms with Gasteiger partial charge >= 0.3 is 0 Å². The van der Waals surface area contributed by atoms with Crippen LogP contribution >= 0.6 is 11.6 Å². The van der Waals surface area contributed by atoms with Crippen LogP contribution in [0.3, 0.4) is 0 Å². The molecule has 2 rings (SSSR count). The fourth-order valence-corrected chi connectivity index (χ4v) is 2.25. The predicted octanol–water partition coefficient (Wildman–Crippen LogP) is 2.61. The largest absolute Gasteiger partial charge is 0.395 e. The Morgan fingerprint density at radius 3 is 2.75 bits per heavy atom. The zero-order valence-corrected chi connectivity index (χ0v) is 10.4. The molecule has 0 unspecified atom stereocenters. The Bertz CT molecular complexity index is 363. The first-order valence-electron chi connectivity index (χ1n) is 5.80. The van der Waals surface area contributed by atoms with Gasteiger partial charge in [0.1, 0.15) is 0 Å². The normalized spacial score (nSPS) is 15.8. The molecule has 1 aliphatic rings. The van der Waals surface area contributed by atoms with E-state index in [2.05, 4.69) is 17.0 Å². The minimum absolute atomic E-state index is 0.222. The molecule has 0 amide bonds. The summed E-state index contributed by atoms with van der Waals surface area (Å²) in [6, 6.07) is 6.83. The number of halogens is 1. The SMILES string of the molecule is Cc1ccc(CN(CCO)C2CC2)c(Cl)c1. The summed E-state index contributed by atoms with van der Waals surface area (Å²) in [6.45, 7) is 3.86. The number of benzene rings is 1. The number of aryl methyl sites for hydroxylation is 1. The molecule has 0 spiro atoms. The van der Waals surface area contributed by atoms with Gasteiger partial charge in [0.05, 0.1) is 6.61 Å². The third kappa shape index (κ3) is 2.97. The summed E-state index contributed by atoms with van der Waals surface area (Å²) in [4.78, 5) is 2.32. The summed E-state index contributed by atoms with van der Waals surface area (Å²) in [5.41, 5.74) is 2.35. The number of nitrogens with zero attached hydrogens (tertiary/aromatic N) is 1. The second-order valence-corrected chi connectivity index (χ2v) is 4.93. The molecule has 2 nitrogen and oxygen atoms in total. The van der Waals surface area contributed by atoms with Crippen molar-refractivity contribution >= 4 is 11.6 Å². The van der Waals surface area contributed by atoms with Gasteiger partial charge in [-0.25, -0.2) is 0 Å². The summed E-state index contributed by atoms with van der Waals surface area (Å²) >= 11 is 6.21. The Kier molecular flexibility index (Phi) is 3.85. The van der Waals surface area contributed by atoms with Crippen LogP contribution in [0, 0.1) is 6.92 Å². The van der Waals surface area contributed by atoms with E-state index in [1.807, 2.05) is 13.0 Å². The number of rotatable bonds is 5. The zero-order chi connectivity index (χ0) is 11.5. The Morgan fingerprint density at radius 2 is 2.19 bits per heavy atom. The maximum absolute atomic E-state index is 9.03. The van der Waals surface area contributed by atoms with E-state index in [9.17, 15) is 0 Å². The molecule has 1 aliphatic carbocycles. The van der Waals surface area contributed by atoms with Gasteiger partial charge in [-0.15, -0.1) is 0 Å². The van der Waals surface area contributed by atoms with E-state index < -0.39 is 0 Å². The molecule has 0 bridgehead atoms. The van der Waals surface area contributed by atoms with Gasteiger partial charge in [0.25, 0.3) is 0 Å². The van der Waals surface area contributed by atoms with Crippen molar-refractivity contribution in [3.63, 3.8) is 0 Å². The van der Waals surface area contributed by atoms with E-state index in [0.717, 1.165) is 23.7 Å². The van der Waals surface area contributed by atoms with Crippen molar-refractivity contribution < 1.29 is 5.11 Å². The lowest BCUT2D eigenvalue weighted by atomic mass is 10.1. The molecule has 0 aromatic heterocycles. The molecule has 16 heavy (non-hydrogen) atoms. The van der Waals surface area contributed by atoms with E-state index in [0.29, 0.717) is 6.04 Å². The van der Waals surface area contributed by atoms with Crippen LogP contribution in [0.1, 0.15) is 24.0 Å². The monoisotopic (exact) mass is 239 g/mol. The van der Waals surface area contributed by atoms with Gasteiger partial charge in [0, 0.05) is 24.2 Å². The molecule has 1 aromatic rings. The molecule has 1 fully saturated rings. The van der Waals surface area contributed by atoms with Crippen molar-refractivity contribution in [2.75, 3.05) is 13.2 Å². The van der Waals surface area contributed by atoms with Crippen LogP contribution in [-0.4, -0.2) is 29.2 Å². The fraction of sp³-hybridized carbons (Fsp3) is 0.538. The molecule has 0 radical (unpaired) electrons. The van der Waals surface area contributed by atoms with Crippen molar-refractivity contribution in [2.45, 2.75) is 32.4 Å². The minimum Gasteiger partial charge on any atom is -0.395 e. The molecule has 0 atom stereocenters. The Balaban J connectivity index is 2.05. The van der Waals surface area contributed by atoms with Gasteiger partial charge in [0.15, 0.2) is 0 Å². The van der Waals surface area contributed by atoms with Crippen LogP contribution in [0.4, 0.5) is 0 Å². The first-order chi connectivity index (χ1) is 7.70. The van der Waals surface area contributed by atoms with Crippen molar-refractivity contribution in [1.29, 1.82) is 0 Å². The molecule has 0 saturated heterocycles. The molecular weight excluding hydrogens is 222 g/mol. The van der Waals surface area contributed by atoms with Crippen molar-refractivity contribution in [3.8, 4) is 0 Å². The molecule has 0 heterocycles. The molecular formula is C13H18ClNO. The van der Waals surface area contributed by atoms with Crippen LogP contribution in [0.5, 0.6) is 0 Å². The highest BCUT2D eigenvalue weighted by atomic mass is 35.5. The summed E-state index contributed by atoms with van der Waals surface area (Å²) in [5.74, 6) is 0. The maximum Gasteiger partial charge on any atom is 0.0558 e. The van der Waals surface area contributed by atoms with Gasteiger partial charge in [-0.2, -0.15) is 0 Å². The van der Waals surface area contributed by atoms with Crippen LogP contribution in [0.2, 0.25) is 5.02 Å². The molecule has 3 heteroatoms. The van der Waals surface area contributed by atoms with E-state index in [-0.39, 0.29) is 6.61 Å². The average molecular weight is 240 g/mol. The second kappa shape index (κ2) is 5.17. The maximum atomic E-state index is 9.03. The fourth-order valence-electron chi connectivity index (χ4n) is 1.96. The van der Waals surface area contributed by atoms with Crippen molar-refractivity contribution in [2.24, 2.45) is 0 Å². The number of aliphatic hydroxyl groups excluding tert-OH is 1. The van der Waals surface area contributed by atoms with Crippen molar-refractivity contribution in [1.82, 2.24) is 4.90 Å². The number of hydrogen-bond donors (Lipinski definition) is 1. The van der Waals surface area contributed by atoms with Crippen LogP contribution in [0.25, 0.3) is 0 Å². The molecule has 1 aromatic carbocycles. The van der Waals surface area contributed by atoms with E-state index >= 15 is 0 Å². The highest BCUT2D eigenvalue weighted by Crippen LogP contribution is 2.29. The quantitative estimate of drug-likeness (QED) is 0.854. The lowest BCUT2D eigenvalue weighted by Gasteiger charge is -2.21. The molecule has 0 aliphatic heterocycles. The first kappa shape index (κ1) is 11.9. The molecule has 1 saturated carbocycles. The minimum atomic E-state index is 0.222. The van der Waals surface area contributed by atoms with Crippen LogP contribution in [-0.2, 0) is 6.54 Å². The Labute approximate surface area is 102 Å². The number of aliphatic hydroxyl groups is 1. The Morgan fingerprint density at radius 1 is 1.44 bits per heavy atom. The smallest absolute Gasteiger partial charge is 0.0558 e.